The van der Waals surface area contributed by atoms with Gasteiger partial charge in [-0.2, -0.15) is 0 Å². The van der Waals surface area contributed by atoms with Crippen molar-refractivity contribution in [3.8, 4) is 0 Å². The van der Waals surface area contributed by atoms with Crippen molar-refractivity contribution in [2.24, 2.45) is 0 Å². The number of benzene rings is 1. The predicted octanol–water partition coefficient (Wildman–Crippen LogP) is 2.52. The molecule has 0 spiro atoms. The highest BCUT2D eigenvalue weighted by atomic mass is 16.1. The van der Waals surface area contributed by atoms with Crippen molar-refractivity contribution >= 4 is 17.9 Å². The van der Waals surface area contributed by atoms with E-state index in [1.54, 1.807) is 13.0 Å². The summed E-state index contributed by atoms with van der Waals surface area (Å²) in [6.45, 7) is 6.35. The van der Waals surface area contributed by atoms with Gasteiger partial charge in [0, 0.05) is 16.7 Å². The van der Waals surface area contributed by atoms with E-state index in [2.05, 4.69) is 0 Å². The molecule has 0 atom stereocenters. The Morgan fingerprint density at radius 1 is 1.12 bits per heavy atom. The van der Waals surface area contributed by atoms with E-state index in [0.717, 1.165) is 11.1 Å². The first-order chi connectivity index (χ1) is 7.40. The van der Waals surface area contributed by atoms with Crippen molar-refractivity contribution < 1.29 is 14.4 Å². The Kier molecular flexibility index (Phi) is 3.38. The zero-order valence-electron chi connectivity index (χ0n) is 9.88. The van der Waals surface area contributed by atoms with E-state index >= 15 is 0 Å². The van der Waals surface area contributed by atoms with Gasteiger partial charge in [0.1, 0.15) is 0 Å². The van der Waals surface area contributed by atoms with Crippen LogP contribution in [0.15, 0.2) is 6.07 Å². The number of hydrogen-bond acceptors (Lipinski definition) is 3. The number of Topliss-reactive ketones (excluding diaryl/α,β-unsaturated/α-hetero) is 2. The van der Waals surface area contributed by atoms with E-state index in [4.69, 9.17) is 0 Å². The van der Waals surface area contributed by atoms with Gasteiger partial charge in [0.2, 0.25) is 0 Å². The van der Waals surface area contributed by atoms with Crippen molar-refractivity contribution in [3.05, 3.63) is 33.9 Å². The number of rotatable bonds is 3. The topological polar surface area (TPSA) is 51.2 Å². The summed E-state index contributed by atoms with van der Waals surface area (Å²) in [6, 6.07) is 1.67. The number of hydrogen-bond donors (Lipinski definition) is 0. The first-order valence-corrected chi connectivity index (χ1v) is 5.01. The average Bonchev–Trinajstić information content (AvgIpc) is 2.20. The maximum Gasteiger partial charge on any atom is 0.161 e. The molecule has 3 heteroatoms. The summed E-state index contributed by atoms with van der Waals surface area (Å²) in [5.74, 6) is -0.452. The molecule has 84 valence electrons. The van der Waals surface area contributed by atoms with Crippen LogP contribution in [-0.4, -0.2) is 17.9 Å². The van der Waals surface area contributed by atoms with Crippen molar-refractivity contribution in [2.45, 2.75) is 27.7 Å². The Balaban J connectivity index is 3.76. The first-order valence-electron chi connectivity index (χ1n) is 5.01. The standard InChI is InChI=1S/C13H14O3/c1-7-5-11(9(3)15)13(10(4)16)12(6-14)8(7)2/h5-6H,1-4H3. The van der Waals surface area contributed by atoms with Crippen LogP contribution in [0.3, 0.4) is 0 Å². The minimum Gasteiger partial charge on any atom is -0.298 e. The van der Waals surface area contributed by atoms with Gasteiger partial charge in [-0.25, -0.2) is 0 Å². The lowest BCUT2D eigenvalue weighted by Gasteiger charge is -2.12. The highest BCUT2D eigenvalue weighted by Crippen LogP contribution is 2.22. The first kappa shape index (κ1) is 12.3. The van der Waals surface area contributed by atoms with Crippen LogP contribution in [-0.2, 0) is 0 Å². The van der Waals surface area contributed by atoms with Gasteiger partial charge in [0.05, 0.1) is 0 Å². The Bertz CT molecular complexity index is 484. The normalized spacial score (nSPS) is 10.0. The van der Waals surface area contributed by atoms with Crippen molar-refractivity contribution in [2.75, 3.05) is 0 Å². The molecular formula is C13H14O3. The van der Waals surface area contributed by atoms with Gasteiger partial charge in [-0.1, -0.05) is 0 Å². The van der Waals surface area contributed by atoms with Crippen LogP contribution in [0.1, 0.15) is 56.0 Å². The molecule has 0 heterocycles. The van der Waals surface area contributed by atoms with Gasteiger partial charge in [0.25, 0.3) is 0 Å². The lowest BCUT2D eigenvalue weighted by Crippen LogP contribution is -2.11. The van der Waals surface area contributed by atoms with Gasteiger partial charge < -0.3 is 0 Å². The third-order valence-corrected chi connectivity index (χ3v) is 2.74. The van der Waals surface area contributed by atoms with Crippen LogP contribution in [0, 0.1) is 13.8 Å². The SMILES string of the molecule is CC(=O)c1cc(C)c(C)c(C=O)c1C(C)=O. The number of carbonyl (C=O) groups excluding carboxylic acids is 3. The molecule has 1 aromatic rings. The maximum absolute atomic E-state index is 11.5. The third kappa shape index (κ3) is 1.94. The molecule has 0 aromatic heterocycles. The van der Waals surface area contributed by atoms with Gasteiger partial charge in [-0.05, 0) is 44.9 Å². The fraction of sp³-hybridized carbons (Fsp3) is 0.308. The van der Waals surface area contributed by atoms with E-state index in [-0.39, 0.29) is 17.1 Å². The Labute approximate surface area is 94.5 Å². The molecule has 16 heavy (non-hydrogen) atoms. The number of ketones is 2. The summed E-state index contributed by atoms with van der Waals surface area (Å²) in [5, 5.41) is 0. The second kappa shape index (κ2) is 4.39. The molecule has 0 radical (unpaired) electrons. The summed E-state index contributed by atoms with van der Waals surface area (Å²) in [6.07, 6.45) is 0.644. The second-order valence-electron chi connectivity index (χ2n) is 3.88. The Morgan fingerprint density at radius 2 is 1.69 bits per heavy atom. The monoisotopic (exact) mass is 218 g/mol. The van der Waals surface area contributed by atoms with Gasteiger partial charge in [-0.15, -0.1) is 0 Å². The second-order valence-corrected chi connectivity index (χ2v) is 3.88. The highest BCUT2D eigenvalue weighted by molar-refractivity contribution is 6.12. The van der Waals surface area contributed by atoms with E-state index in [9.17, 15) is 14.4 Å². The van der Waals surface area contributed by atoms with Crippen LogP contribution < -0.4 is 0 Å². The molecule has 0 saturated carbocycles. The van der Waals surface area contributed by atoms with Crippen molar-refractivity contribution in [3.63, 3.8) is 0 Å². The zero-order valence-corrected chi connectivity index (χ0v) is 9.88. The van der Waals surface area contributed by atoms with E-state index in [0.29, 0.717) is 17.4 Å². The highest BCUT2D eigenvalue weighted by Gasteiger charge is 2.19. The molecule has 1 aromatic carbocycles. The molecule has 0 N–H and O–H groups in total. The van der Waals surface area contributed by atoms with Gasteiger partial charge in [-0.3, -0.25) is 14.4 Å². The summed E-state index contributed by atoms with van der Waals surface area (Å²) in [4.78, 5) is 34.0. The van der Waals surface area contributed by atoms with Gasteiger partial charge in [0.15, 0.2) is 17.9 Å². The van der Waals surface area contributed by atoms with Crippen molar-refractivity contribution in [1.29, 1.82) is 0 Å². The van der Waals surface area contributed by atoms with Crippen LogP contribution in [0.25, 0.3) is 0 Å². The van der Waals surface area contributed by atoms with E-state index in [1.165, 1.54) is 13.8 Å². The van der Waals surface area contributed by atoms with E-state index in [1.807, 2.05) is 6.92 Å². The van der Waals surface area contributed by atoms with Gasteiger partial charge >= 0.3 is 0 Å². The quantitative estimate of drug-likeness (QED) is 0.578. The third-order valence-electron chi connectivity index (χ3n) is 2.74. The molecule has 0 unspecified atom stereocenters. The van der Waals surface area contributed by atoms with E-state index < -0.39 is 0 Å². The minimum atomic E-state index is -0.254. The largest absolute Gasteiger partial charge is 0.298 e. The molecule has 0 aliphatic heterocycles. The average molecular weight is 218 g/mol. The maximum atomic E-state index is 11.5. The van der Waals surface area contributed by atoms with Crippen LogP contribution in [0.4, 0.5) is 0 Å². The zero-order chi connectivity index (χ0) is 12.5. The number of carbonyl (C=O) groups is 3. The fourth-order valence-corrected chi connectivity index (χ4v) is 1.75. The fourth-order valence-electron chi connectivity index (χ4n) is 1.75. The summed E-state index contributed by atoms with van der Waals surface area (Å²) >= 11 is 0. The number of aryl methyl sites for hydroxylation is 1. The Hall–Kier alpha value is -1.77. The number of aldehydes is 1. The molecule has 0 saturated heterocycles. The minimum absolute atomic E-state index is 0.198. The van der Waals surface area contributed by atoms with Crippen LogP contribution in [0.2, 0.25) is 0 Å². The molecule has 1 rings (SSSR count). The lowest BCUT2D eigenvalue weighted by molar-refractivity contribution is 0.0977. The molecule has 0 amide bonds. The molecule has 0 bridgehead atoms. The van der Waals surface area contributed by atoms with Crippen LogP contribution in [0.5, 0.6) is 0 Å². The van der Waals surface area contributed by atoms with Crippen molar-refractivity contribution in [1.82, 2.24) is 0 Å². The summed E-state index contributed by atoms with van der Waals surface area (Å²) in [5.41, 5.74) is 2.50. The lowest BCUT2D eigenvalue weighted by atomic mass is 9.90. The molecule has 3 nitrogen and oxygen atoms in total. The molecule has 0 fully saturated rings. The molecule has 0 aliphatic carbocycles. The smallest absolute Gasteiger partial charge is 0.161 e. The molecule has 0 aliphatic rings. The predicted molar refractivity (Wildman–Crippen MR) is 61.3 cm³/mol. The Morgan fingerprint density at radius 3 is 2.06 bits per heavy atom. The summed E-state index contributed by atoms with van der Waals surface area (Å²) in [7, 11) is 0. The molecular weight excluding hydrogens is 204 g/mol. The van der Waals surface area contributed by atoms with Crippen LogP contribution >= 0.6 is 0 Å². The summed E-state index contributed by atoms with van der Waals surface area (Å²) < 4.78 is 0.